The van der Waals surface area contributed by atoms with E-state index in [9.17, 15) is 4.79 Å². The molecule has 1 saturated heterocycles. The van der Waals surface area contributed by atoms with E-state index in [1.807, 2.05) is 24.3 Å². The number of benzene rings is 1. The van der Waals surface area contributed by atoms with Gasteiger partial charge in [0.15, 0.2) is 0 Å². The molecule has 2 rings (SSSR count). The lowest BCUT2D eigenvalue weighted by atomic mass is 9.97. The van der Waals surface area contributed by atoms with Crippen molar-refractivity contribution in [2.45, 2.75) is 12.3 Å². The summed E-state index contributed by atoms with van der Waals surface area (Å²) in [6.07, 6.45) is 1.00. The van der Waals surface area contributed by atoms with Gasteiger partial charge in [0.2, 0.25) is 0 Å². The number of aliphatic carboxylic acids is 1. The first kappa shape index (κ1) is 15.9. The van der Waals surface area contributed by atoms with Gasteiger partial charge in [-0.15, -0.1) is 0 Å². The van der Waals surface area contributed by atoms with E-state index in [0.717, 1.165) is 44.7 Å². The van der Waals surface area contributed by atoms with Crippen molar-refractivity contribution in [2.75, 3.05) is 46.3 Å². The minimum atomic E-state index is -0.859. The highest BCUT2D eigenvalue weighted by Gasteiger charge is 2.17. The third-order valence-electron chi connectivity index (χ3n) is 4.23. The molecular formula is C16H25N3O2. The molecule has 21 heavy (non-hydrogen) atoms. The fourth-order valence-electron chi connectivity index (χ4n) is 2.65. The van der Waals surface area contributed by atoms with Crippen LogP contribution in [0.1, 0.15) is 17.0 Å². The predicted molar refractivity (Wildman–Crippen MR) is 83.5 cm³/mol. The Balaban J connectivity index is 1.86. The van der Waals surface area contributed by atoms with E-state index in [0.29, 0.717) is 0 Å². The Morgan fingerprint density at radius 3 is 2.38 bits per heavy atom. The maximum atomic E-state index is 11.1. The minimum absolute atomic E-state index is 0.135. The first-order chi connectivity index (χ1) is 10.1. The summed E-state index contributed by atoms with van der Waals surface area (Å²) in [5, 5.41) is 9.10. The van der Waals surface area contributed by atoms with Crippen molar-refractivity contribution in [3.05, 3.63) is 35.4 Å². The lowest BCUT2D eigenvalue weighted by molar-refractivity contribution is -0.138. The van der Waals surface area contributed by atoms with E-state index in [2.05, 4.69) is 16.8 Å². The zero-order chi connectivity index (χ0) is 15.2. The van der Waals surface area contributed by atoms with Gasteiger partial charge in [-0.05, 0) is 24.6 Å². The molecule has 0 bridgehead atoms. The molecule has 3 N–H and O–H groups in total. The van der Waals surface area contributed by atoms with Gasteiger partial charge in [-0.25, -0.2) is 0 Å². The zero-order valence-corrected chi connectivity index (χ0v) is 12.7. The Bertz CT molecular complexity index is 453. The number of nitrogens with zero attached hydrogens (tertiary/aromatic N) is 2. The Morgan fingerprint density at radius 2 is 1.86 bits per heavy atom. The minimum Gasteiger partial charge on any atom is -0.481 e. The Kier molecular flexibility index (Phi) is 5.73. The second-order valence-electron chi connectivity index (χ2n) is 5.76. The lowest BCUT2D eigenvalue weighted by Crippen LogP contribution is -2.45. The summed E-state index contributed by atoms with van der Waals surface area (Å²) in [6.45, 7) is 5.72. The summed E-state index contributed by atoms with van der Waals surface area (Å²) in [5.74, 6) is -1.46. The Labute approximate surface area is 126 Å². The maximum Gasteiger partial charge on any atom is 0.312 e. The van der Waals surface area contributed by atoms with Crippen LogP contribution in [0, 0.1) is 0 Å². The molecule has 1 aliphatic heterocycles. The molecule has 1 heterocycles. The van der Waals surface area contributed by atoms with Gasteiger partial charge in [0.1, 0.15) is 0 Å². The van der Waals surface area contributed by atoms with E-state index < -0.39 is 11.9 Å². The standard InChI is InChI=1S/C16H25N3O2/c1-18-8-10-19(11-9-18)7-6-13-2-4-14(5-3-13)15(12-17)16(20)21/h2-5,15H,6-12,17H2,1H3,(H,20,21). The van der Waals surface area contributed by atoms with Gasteiger partial charge >= 0.3 is 5.97 Å². The fraction of sp³-hybridized carbons (Fsp3) is 0.562. The smallest absolute Gasteiger partial charge is 0.312 e. The highest BCUT2D eigenvalue weighted by molar-refractivity contribution is 5.76. The molecule has 0 amide bonds. The summed E-state index contributed by atoms with van der Waals surface area (Å²) < 4.78 is 0. The topological polar surface area (TPSA) is 69.8 Å². The lowest BCUT2D eigenvalue weighted by Gasteiger charge is -2.32. The summed E-state index contributed by atoms with van der Waals surface area (Å²) >= 11 is 0. The van der Waals surface area contributed by atoms with Crippen LogP contribution in [-0.2, 0) is 11.2 Å². The maximum absolute atomic E-state index is 11.1. The largest absolute Gasteiger partial charge is 0.481 e. The molecule has 1 aromatic rings. The van der Waals surface area contributed by atoms with Crippen molar-refractivity contribution in [3.8, 4) is 0 Å². The highest BCUT2D eigenvalue weighted by atomic mass is 16.4. The number of likely N-dealkylation sites (N-methyl/N-ethyl adjacent to an activating group) is 1. The molecule has 1 unspecified atom stereocenters. The molecule has 0 saturated carbocycles. The first-order valence-corrected chi connectivity index (χ1v) is 7.52. The third-order valence-corrected chi connectivity index (χ3v) is 4.23. The molecule has 0 aliphatic carbocycles. The summed E-state index contributed by atoms with van der Waals surface area (Å²) in [6, 6.07) is 7.84. The van der Waals surface area contributed by atoms with Gasteiger partial charge in [-0.1, -0.05) is 24.3 Å². The summed E-state index contributed by atoms with van der Waals surface area (Å²) in [7, 11) is 2.16. The SMILES string of the molecule is CN1CCN(CCc2ccc(C(CN)C(=O)O)cc2)CC1. The molecule has 5 nitrogen and oxygen atoms in total. The summed E-state index contributed by atoms with van der Waals surface area (Å²) in [4.78, 5) is 15.9. The predicted octanol–water partition coefficient (Wildman–Crippen LogP) is 0.603. The quantitative estimate of drug-likeness (QED) is 0.803. The van der Waals surface area contributed by atoms with Crippen molar-refractivity contribution in [1.29, 1.82) is 0 Å². The molecule has 0 aromatic heterocycles. The molecule has 1 fully saturated rings. The normalized spacial score (nSPS) is 18.6. The van der Waals surface area contributed by atoms with Crippen LogP contribution in [0.5, 0.6) is 0 Å². The molecule has 1 aliphatic rings. The van der Waals surface area contributed by atoms with Crippen LogP contribution in [0.3, 0.4) is 0 Å². The number of hydrogen-bond acceptors (Lipinski definition) is 4. The van der Waals surface area contributed by atoms with Crippen molar-refractivity contribution in [1.82, 2.24) is 9.80 Å². The number of carboxylic acid groups (broad SMARTS) is 1. The number of piperazine rings is 1. The molecule has 1 atom stereocenters. The molecular weight excluding hydrogens is 266 g/mol. The van der Waals surface area contributed by atoms with Crippen LogP contribution in [-0.4, -0.2) is 67.2 Å². The van der Waals surface area contributed by atoms with Gasteiger partial charge < -0.3 is 20.6 Å². The molecule has 0 spiro atoms. The van der Waals surface area contributed by atoms with Crippen molar-refractivity contribution >= 4 is 5.97 Å². The highest BCUT2D eigenvalue weighted by Crippen LogP contribution is 2.16. The van der Waals surface area contributed by atoms with Crippen molar-refractivity contribution in [2.24, 2.45) is 5.73 Å². The van der Waals surface area contributed by atoms with Crippen molar-refractivity contribution < 1.29 is 9.90 Å². The van der Waals surface area contributed by atoms with Crippen LogP contribution in [0.25, 0.3) is 0 Å². The average Bonchev–Trinajstić information content (AvgIpc) is 2.48. The molecule has 0 radical (unpaired) electrons. The fourth-order valence-corrected chi connectivity index (χ4v) is 2.65. The van der Waals surface area contributed by atoms with E-state index in [4.69, 9.17) is 10.8 Å². The van der Waals surface area contributed by atoms with E-state index in [-0.39, 0.29) is 6.54 Å². The van der Waals surface area contributed by atoms with Crippen LogP contribution in [0.15, 0.2) is 24.3 Å². The third kappa shape index (κ3) is 4.52. The van der Waals surface area contributed by atoms with Crippen LogP contribution < -0.4 is 5.73 Å². The molecule has 116 valence electrons. The van der Waals surface area contributed by atoms with Gasteiger partial charge in [-0.2, -0.15) is 0 Å². The van der Waals surface area contributed by atoms with Gasteiger partial charge in [0.05, 0.1) is 5.92 Å². The number of carboxylic acids is 1. The van der Waals surface area contributed by atoms with Crippen LogP contribution in [0.2, 0.25) is 0 Å². The van der Waals surface area contributed by atoms with Crippen LogP contribution in [0.4, 0.5) is 0 Å². The van der Waals surface area contributed by atoms with E-state index >= 15 is 0 Å². The molecule has 5 heteroatoms. The monoisotopic (exact) mass is 291 g/mol. The molecule has 1 aromatic carbocycles. The average molecular weight is 291 g/mol. The van der Waals surface area contributed by atoms with E-state index in [1.54, 1.807) is 0 Å². The first-order valence-electron chi connectivity index (χ1n) is 7.52. The second-order valence-corrected chi connectivity index (χ2v) is 5.76. The summed E-state index contributed by atoms with van der Waals surface area (Å²) in [5.41, 5.74) is 7.55. The second kappa shape index (κ2) is 7.54. The Hall–Kier alpha value is -1.43. The van der Waals surface area contributed by atoms with Gasteiger partial charge in [0, 0.05) is 39.3 Å². The van der Waals surface area contributed by atoms with Gasteiger partial charge in [0.25, 0.3) is 0 Å². The Morgan fingerprint density at radius 1 is 1.24 bits per heavy atom. The van der Waals surface area contributed by atoms with Crippen molar-refractivity contribution in [3.63, 3.8) is 0 Å². The van der Waals surface area contributed by atoms with E-state index in [1.165, 1.54) is 5.56 Å². The number of carbonyl (C=O) groups is 1. The van der Waals surface area contributed by atoms with Gasteiger partial charge in [-0.3, -0.25) is 4.79 Å². The number of nitrogens with two attached hydrogens (primary N) is 1. The number of hydrogen-bond donors (Lipinski definition) is 2. The number of rotatable bonds is 6. The zero-order valence-electron chi connectivity index (χ0n) is 12.7. The van der Waals surface area contributed by atoms with Crippen LogP contribution >= 0.6 is 0 Å².